The fourth-order valence-corrected chi connectivity index (χ4v) is 6.48. The topological polar surface area (TPSA) is 124 Å². The summed E-state index contributed by atoms with van der Waals surface area (Å²) >= 11 is 0. The molecule has 0 aliphatic rings. The van der Waals surface area contributed by atoms with Gasteiger partial charge < -0.3 is 28.9 Å². The summed E-state index contributed by atoms with van der Waals surface area (Å²) in [5.74, 6) is 2.14. The van der Waals surface area contributed by atoms with Crippen molar-refractivity contribution >= 4 is 62.6 Å². The van der Waals surface area contributed by atoms with Gasteiger partial charge in [0.25, 0.3) is 11.4 Å². The second-order valence-electron chi connectivity index (χ2n) is 12.7. The van der Waals surface area contributed by atoms with Crippen molar-refractivity contribution < 1.29 is 24.1 Å². The Hall–Kier alpha value is -7.86. The van der Waals surface area contributed by atoms with Crippen molar-refractivity contribution in [2.75, 3.05) is 36.0 Å². The number of nitrogens with zero attached hydrogens (tertiary/aromatic N) is 5. The van der Waals surface area contributed by atoms with Crippen molar-refractivity contribution in [2.24, 2.45) is 0 Å². The Kier molecular flexibility index (Phi) is 10.9. The van der Waals surface area contributed by atoms with E-state index in [1.54, 1.807) is 45.6 Å². The highest BCUT2D eigenvalue weighted by molar-refractivity contribution is 5.83. The average Bonchev–Trinajstić information content (AvgIpc) is 3.26. The molecule has 0 unspecified atom stereocenters. The summed E-state index contributed by atoms with van der Waals surface area (Å²) in [6.45, 7) is 0. The minimum atomic E-state index is -0.414. The summed E-state index contributed by atoms with van der Waals surface area (Å²) in [6.07, 6.45) is 0. The number of methoxy groups -OCH3 is 3. The van der Waals surface area contributed by atoms with Gasteiger partial charge in [-0.3, -0.25) is 20.2 Å². The number of nitro benzene ring substituents is 2. The maximum absolute atomic E-state index is 11.4. The number of ether oxygens (including phenoxy) is 3. The van der Waals surface area contributed by atoms with Crippen LogP contribution < -0.4 is 28.9 Å². The molecule has 0 radical (unpaired) electrons. The van der Waals surface area contributed by atoms with Gasteiger partial charge in [-0.05, 0) is 146 Å². The minimum absolute atomic E-state index is 0.00444. The van der Waals surface area contributed by atoms with Gasteiger partial charge in [0.15, 0.2) is 0 Å². The monoisotopic (exact) mass is 759 g/mol. The molecule has 0 atom stereocenters. The molecule has 0 amide bonds. The van der Waals surface area contributed by atoms with E-state index in [1.807, 2.05) is 131 Å². The zero-order chi connectivity index (χ0) is 39.9. The van der Waals surface area contributed by atoms with Gasteiger partial charge in [0.2, 0.25) is 0 Å². The van der Waals surface area contributed by atoms with E-state index in [4.69, 9.17) is 14.2 Å². The van der Waals surface area contributed by atoms with Crippen LogP contribution in [0.4, 0.5) is 62.6 Å². The summed E-state index contributed by atoms with van der Waals surface area (Å²) < 4.78 is 16.2. The van der Waals surface area contributed by atoms with Crippen molar-refractivity contribution in [3.63, 3.8) is 0 Å². The van der Waals surface area contributed by atoms with Gasteiger partial charge in [0.05, 0.1) is 31.2 Å². The Morgan fingerprint density at radius 1 is 0.316 bits per heavy atom. The van der Waals surface area contributed by atoms with Gasteiger partial charge >= 0.3 is 0 Å². The molecule has 0 heterocycles. The van der Waals surface area contributed by atoms with Crippen LogP contribution in [0.5, 0.6) is 17.2 Å². The van der Waals surface area contributed by atoms with Gasteiger partial charge in [0.1, 0.15) is 17.2 Å². The van der Waals surface area contributed by atoms with Crippen LogP contribution in [-0.2, 0) is 0 Å². The Morgan fingerprint density at radius 2 is 0.474 bits per heavy atom. The van der Waals surface area contributed by atoms with Crippen molar-refractivity contribution in [1.29, 1.82) is 0 Å². The summed E-state index contributed by atoms with van der Waals surface area (Å²) in [5, 5.41) is 22.9. The molecule has 0 aromatic heterocycles. The number of anilines is 9. The molecule has 7 aromatic rings. The van der Waals surface area contributed by atoms with Crippen LogP contribution in [0, 0.1) is 20.2 Å². The molecule has 0 saturated carbocycles. The molecule has 0 spiro atoms. The Balaban J connectivity index is 1.28. The van der Waals surface area contributed by atoms with Crippen LogP contribution >= 0.6 is 0 Å². The quantitative estimate of drug-likeness (QED) is 0.0781. The molecule has 12 nitrogen and oxygen atoms in total. The predicted molar refractivity (Wildman–Crippen MR) is 223 cm³/mol. The molecule has 7 aromatic carbocycles. The normalized spacial score (nSPS) is 10.6. The first-order chi connectivity index (χ1) is 27.8. The summed E-state index contributed by atoms with van der Waals surface area (Å²) in [6, 6.07) is 52.0. The highest BCUT2D eigenvalue weighted by Gasteiger charge is 2.19. The SMILES string of the molecule is COc1ccc(N(c2ccc(N(c3ccc(OC)cc3)c3ccc([N+](=O)[O-])cc3)cc2)c2ccc(N(c3ccc(OC)cc3)c3ccc([N+](=O)[O-])cc3)cc2)cc1. The molecular weight excluding hydrogens is 723 g/mol. The molecule has 12 heteroatoms. The average molecular weight is 760 g/mol. The number of hydrogen-bond acceptors (Lipinski definition) is 10. The lowest BCUT2D eigenvalue weighted by molar-refractivity contribution is -0.385. The lowest BCUT2D eigenvalue weighted by Crippen LogP contribution is -2.13. The minimum Gasteiger partial charge on any atom is -0.497 e. The molecule has 57 heavy (non-hydrogen) atoms. The molecule has 0 fully saturated rings. The third-order valence-electron chi connectivity index (χ3n) is 9.36. The van der Waals surface area contributed by atoms with Crippen molar-refractivity contribution in [3.05, 3.63) is 190 Å². The number of hydrogen-bond donors (Lipinski definition) is 0. The Morgan fingerprint density at radius 3 is 0.632 bits per heavy atom. The molecule has 0 bridgehead atoms. The molecule has 0 saturated heterocycles. The van der Waals surface area contributed by atoms with Gasteiger partial charge in [-0.25, -0.2) is 0 Å². The third kappa shape index (κ3) is 8.15. The lowest BCUT2D eigenvalue weighted by atomic mass is 10.1. The van der Waals surface area contributed by atoms with E-state index >= 15 is 0 Å². The number of benzene rings is 7. The van der Waals surface area contributed by atoms with E-state index in [0.717, 1.165) is 56.9 Å². The summed E-state index contributed by atoms with van der Waals surface area (Å²) in [5.41, 5.74) is 7.49. The molecule has 0 N–H and O–H groups in total. The van der Waals surface area contributed by atoms with Gasteiger partial charge in [-0.2, -0.15) is 0 Å². The predicted octanol–water partition coefficient (Wildman–Crippen LogP) is 11.9. The van der Waals surface area contributed by atoms with E-state index < -0.39 is 9.85 Å². The van der Waals surface area contributed by atoms with Gasteiger partial charge in [0, 0.05) is 75.5 Å². The molecule has 0 aliphatic carbocycles. The van der Waals surface area contributed by atoms with Crippen LogP contribution in [0.3, 0.4) is 0 Å². The zero-order valence-electron chi connectivity index (χ0n) is 31.3. The molecular formula is C45H37N5O7. The second kappa shape index (κ2) is 16.7. The summed E-state index contributed by atoms with van der Waals surface area (Å²) in [7, 11) is 4.85. The van der Waals surface area contributed by atoms with Crippen LogP contribution in [0.25, 0.3) is 0 Å². The Labute approximate surface area is 329 Å². The smallest absolute Gasteiger partial charge is 0.269 e. The van der Waals surface area contributed by atoms with E-state index in [-0.39, 0.29) is 11.4 Å². The first kappa shape index (κ1) is 37.5. The number of nitro groups is 2. The fourth-order valence-electron chi connectivity index (χ4n) is 6.48. The second-order valence-corrected chi connectivity index (χ2v) is 12.7. The highest BCUT2D eigenvalue weighted by atomic mass is 16.6. The number of non-ortho nitro benzene ring substituents is 2. The Bertz CT molecular complexity index is 2290. The van der Waals surface area contributed by atoms with Gasteiger partial charge in [-0.15, -0.1) is 0 Å². The van der Waals surface area contributed by atoms with E-state index in [1.165, 1.54) is 24.3 Å². The fraction of sp³-hybridized carbons (Fsp3) is 0.0667. The number of rotatable bonds is 14. The molecule has 0 aliphatic heterocycles. The van der Waals surface area contributed by atoms with Crippen LogP contribution in [0.15, 0.2) is 170 Å². The van der Waals surface area contributed by atoms with E-state index in [2.05, 4.69) is 4.90 Å². The lowest BCUT2D eigenvalue weighted by Gasteiger charge is -2.29. The largest absolute Gasteiger partial charge is 0.497 e. The van der Waals surface area contributed by atoms with Crippen LogP contribution in [0.1, 0.15) is 0 Å². The van der Waals surface area contributed by atoms with Crippen molar-refractivity contribution in [3.8, 4) is 17.2 Å². The highest BCUT2D eigenvalue weighted by Crippen LogP contribution is 2.42. The zero-order valence-corrected chi connectivity index (χ0v) is 31.3. The van der Waals surface area contributed by atoms with E-state index in [9.17, 15) is 20.2 Å². The van der Waals surface area contributed by atoms with Crippen molar-refractivity contribution in [1.82, 2.24) is 0 Å². The van der Waals surface area contributed by atoms with Crippen molar-refractivity contribution in [2.45, 2.75) is 0 Å². The summed E-state index contributed by atoms with van der Waals surface area (Å²) in [4.78, 5) is 28.2. The standard InChI is InChI=1S/C45H37N5O7/c1-55-43-26-20-38(21-27-43)46(32-4-8-34(9-5-32)47(39-22-28-44(56-2)29-23-39)36-12-16-41(17-13-36)49(51)52)33-6-10-35(11-7-33)48(40-24-30-45(57-3)31-25-40)37-14-18-42(19-15-37)50(53)54/h4-31H,1-3H3. The first-order valence-electron chi connectivity index (χ1n) is 17.8. The van der Waals surface area contributed by atoms with E-state index in [0.29, 0.717) is 11.5 Å². The van der Waals surface area contributed by atoms with Gasteiger partial charge in [-0.1, -0.05) is 0 Å². The first-order valence-corrected chi connectivity index (χ1v) is 17.8. The third-order valence-corrected chi connectivity index (χ3v) is 9.36. The maximum Gasteiger partial charge on any atom is 0.269 e. The van der Waals surface area contributed by atoms with Crippen LogP contribution in [-0.4, -0.2) is 31.2 Å². The maximum atomic E-state index is 11.4. The van der Waals surface area contributed by atoms with Crippen LogP contribution in [0.2, 0.25) is 0 Å². The molecule has 7 rings (SSSR count). The molecule has 284 valence electrons.